The lowest BCUT2D eigenvalue weighted by Crippen LogP contribution is -2.16. The van der Waals surface area contributed by atoms with Gasteiger partial charge in [-0.3, -0.25) is 25.3 Å². The molecule has 0 saturated heterocycles. The average Bonchev–Trinajstić information content (AvgIpc) is 3.48. The quantitative estimate of drug-likeness (QED) is 0.350. The number of H-pyrrole nitrogens is 1. The van der Waals surface area contributed by atoms with Crippen LogP contribution in [0.1, 0.15) is 16.1 Å². The minimum absolute atomic E-state index is 0.0677. The maximum absolute atomic E-state index is 13.8. The summed E-state index contributed by atoms with van der Waals surface area (Å²) in [6.45, 7) is 0. The normalized spacial score (nSPS) is 10.6. The van der Waals surface area contributed by atoms with Crippen molar-refractivity contribution in [1.82, 2.24) is 20.2 Å². The van der Waals surface area contributed by atoms with Gasteiger partial charge in [-0.25, -0.2) is 9.37 Å². The van der Waals surface area contributed by atoms with Gasteiger partial charge in [-0.1, -0.05) is 12.1 Å². The Labute approximate surface area is 197 Å². The molecule has 0 atom stereocenters. The maximum atomic E-state index is 13.8. The second kappa shape index (κ2) is 10.1. The van der Waals surface area contributed by atoms with Gasteiger partial charge < -0.3 is 9.47 Å². The zero-order valence-corrected chi connectivity index (χ0v) is 18.9. The highest BCUT2D eigenvalue weighted by Crippen LogP contribution is 2.31. The molecule has 0 bridgehead atoms. The smallest absolute Gasteiger partial charge is 0.260 e. The summed E-state index contributed by atoms with van der Waals surface area (Å²) >= 11 is 1.13. The Balaban J connectivity index is 1.37. The van der Waals surface area contributed by atoms with Crippen molar-refractivity contribution in [1.29, 1.82) is 0 Å². The van der Waals surface area contributed by atoms with Gasteiger partial charge in [-0.05, 0) is 24.3 Å². The van der Waals surface area contributed by atoms with Gasteiger partial charge in [0.2, 0.25) is 11.9 Å². The van der Waals surface area contributed by atoms with E-state index in [1.54, 1.807) is 36.8 Å². The highest BCUT2D eigenvalue weighted by molar-refractivity contribution is 7.14. The van der Waals surface area contributed by atoms with Crippen LogP contribution in [0.25, 0.3) is 11.4 Å². The molecule has 0 fully saturated rings. The molecule has 2 aromatic carbocycles. The first-order valence-electron chi connectivity index (χ1n) is 9.91. The summed E-state index contributed by atoms with van der Waals surface area (Å²) in [4.78, 5) is 33.1. The summed E-state index contributed by atoms with van der Waals surface area (Å²) in [7, 11) is 3.08. The number of rotatable bonds is 8. The Kier molecular flexibility index (Phi) is 6.78. The number of methoxy groups -OCH3 is 2. The Hall–Kier alpha value is -4.32. The zero-order valence-electron chi connectivity index (χ0n) is 18.1. The van der Waals surface area contributed by atoms with Crippen LogP contribution in [0.4, 0.5) is 15.5 Å². The summed E-state index contributed by atoms with van der Waals surface area (Å²) < 4.78 is 24.3. The predicted molar refractivity (Wildman–Crippen MR) is 124 cm³/mol. The number of carbonyl (C=O) groups is 2. The van der Waals surface area contributed by atoms with Crippen molar-refractivity contribution in [2.24, 2.45) is 0 Å². The number of hydrogen-bond acceptors (Lipinski definition) is 8. The number of halogens is 1. The van der Waals surface area contributed by atoms with Crippen LogP contribution in [0, 0.1) is 5.82 Å². The number of thiazole rings is 1. The Bertz CT molecular complexity index is 1340. The number of amides is 2. The maximum Gasteiger partial charge on any atom is 0.260 e. The number of nitrogens with one attached hydrogen (secondary N) is 3. The van der Waals surface area contributed by atoms with Crippen LogP contribution in [0.2, 0.25) is 0 Å². The van der Waals surface area contributed by atoms with Crippen LogP contribution < -0.4 is 20.1 Å². The van der Waals surface area contributed by atoms with Crippen molar-refractivity contribution >= 4 is 34.2 Å². The molecule has 0 radical (unpaired) electrons. The molecule has 2 aromatic heterocycles. The fourth-order valence-electron chi connectivity index (χ4n) is 3.02. The van der Waals surface area contributed by atoms with Crippen LogP contribution in [0.3, 0.4) is 0 Å². The third-order valence-corrected chi connectivity index (χ3v) is 5.44. The second-order valence-electron chi connectivity index (χ2n) is 6.88. The Morgan fingerprint density at radius 3 is 2.68 bits per heavy atom. The van der Waals surface area contributed by atoms with Gasteiger partial charge >= 0.3 is 0 Å². The molecule has 3 N–H and O–H groups in total. The van der Waals surface area contributed by atoms with Crippen LogP contribution in [-0.2, 0) is 11.2 Å². The molecule has 0 aliphatic rings. The molecular formula is C22H19FN6O4S. The lowest BCUT2D eigenvalue weighted by Gasteiger charge is -2.07. The molecule has 4 rings (SSSR count). The van der Waals surface area contributed by atoms with Gasteiger partial charge in [0.25, 0.3) is 5.91 Å². The Morgan fingerprint density at radius 1 is 1.09 bits per heavy atom. The lowest BCUT2D eigenvalue weighted by molar-refractivity contribution is -0.115. The van der Waals surface area contributed by atoms with Crippen molar-refractivity contribution in [3.8, 4) is 22.9 Å². The Morgan fingerprint density at radius 2 is 1.91 bits per heavy atom. The van der Waals surface area contributed by atoms with E-state index in [0.717, 1.165) is 11.3 Å². The largest absolute Gasteiger partial charge is 0.497 e. The van der Waals surface area contributed by atoms with Crippen molar-refractivity contribution < 1.29 is 23.5 Å². The van der Waals surface area contributed by atoms with E-state index in [1.807, 2.05) is 0 Å². The van der Waals surface area contributed by atoms with E-state index in [2.05, 4.69) is 30.8 Å². The van der Waals surface area contributed by atoms with Crippen LogP contribution >= 0.6 is 11.3 Å². The summed E-state index contributed by atoms with van der Waals surface area (Å²) in [6.07, 6.45) is -0.0677. The molecule has 2 amide bonds. The minimum Gasteiger partial charge on any atom is -0.497 e. The van der Waals surface area contributed by atoms with E-state index in [-0.39, 0.29) is 23.1 Å². The lowest BCUT2D eigenvalue weighted by atomic mass is 10.2. The summed E-state index contributed by atoms with van der Waals surface area (Å²) in [5, 5.41) is 13.8. The summed E-state index contributed by atoms with van der Waals surface area (Å²) in [6, 6.07) is 10.9. The number of nitrogens with zero attached hydrogens (tertiary/aromatic N) is 3. The molecule has 0 aliphatic heterocycles. The molecule has 0 spiro atoms. The fraction of sp³-hybridized carbons (Fsp3) is 0.136. The van der Waals surface area contributed by atoms with Crippen molar-refractivity contribution in [2.45, 2.75) is 6.42 Å². The van der Waals surface area contributed by atoms with Crippen molar-refractivity contribution in [3.05, 3.63) is 64.9 Å². The van der Waals surface area contributed by atoms with Gasteiger partial charge in [0.05, 0.1) is 37.5 Å². The van der Waals surface area contributed by atoms with Gasteiger partial charge in [-0.2, -0.15) is 4.98 Å². The number of anilines is 2. The van der Waals surface area contributed by atoms with E-state index in [9.17, 15) is 14.0 Å². The zero-order chi connectivity index (χ0) is 24.1. The molecular weight excluding hydrogens is 463 g/mol. The highest BCUT2D eigenvalue weighted by Gasteiger charge is 2.16. The SMILES string of the molecule is COc1ccc(-c2nc(NC(=O)Cc3csc(NC(=O)c4ccccc4F)n3)n[nH]2)c(OC)c1. The fourth-order valence-corrected chi connectivity index (χ4v) is 3.73. The molecule has 4 aromatic rings. The van der Waals surface area contributed by atoms with Crippen LogP contribution in [-0.4, -0.2) is 46.2 Å². The van der Waals surface area contributed by atoms with Crippen LogP contribution in [0.15, 0.2) is 47.8 Å². The number of ether oxygens (including phenoxy) is 2. The molecule has 0 saturated carbocycles. The molecule has 0 unspecified atom stereocenters. The molecule has 2 heterocycles. The van der Waals surface area contributed by atoms with E-state index in [4.69, 9.17) is 9.47 Å². The third-order valence-electron chi connectivity index (χ3n) is 4.63. The van der Waals surface area contributed by atoms with Gasteiger partial charge in [0.1, 0.15) is 17.3 Å². The average molecular weight is 482 g/mol. The van der Waals surface area contributed by atoms with Crippen molar-refractivity contribution in [3.63, 3.8) is 0 Å². The van der Waals surface area contributed by atoms with Gasteiger partial charge in [0.15, 0.2) is 11.0 Å². The minimum atomic E-state index is -0.630. The molecule has 0 aliphatic carbocycles. The first kappa shape index (κ1) is 22.9. The highest BCUT2D eigenvalue weighted by atomic mass is 32.1. The second-order valence-corrected chi connectivity index (χ2v) is 7.73. The molecule has 10 nitrogen and oxygen atoms in total. The monoisotopic (exact) mass is 482 g/mol. The molecule has 174 valence electrons. The number of benzene rings is 2. The van der Waals surface area contributed by atoms with E-state index in [1.165, 1.54) is 25.3 Å². The standard InChI is InChI=1S/C22H19FN6O4S/c1-32-13-7-8-15(17(10-13)33-2)19-26-21(29-28-19)25-18(30)9-12-11-34-22(24-12)27-20(31)14-5-3-4-6-16(14)23/h3-8,10-11H,9H2,1-2H3,(H,24,27,31)(H2,25,26,28,29,30). The van der Waals surface area contributed by atoms with Gasteiger partial charge in [-0.15, -0.1) is 16.4 Å². The van der Waals surface area contributed by atoms with Crippen LogP contribution in [0.5, 0.6) is 11.5 Å². The number of carbonyl (C=O) groups excluding carboxylic acids is 2. The first-order valence-corrected chi connectivity index (χ1v) is 10.8. The number of hydrogen-bond donors (Lipinski definition) is 3. The molecule has 34 heavy (non-hydrogen) atoms. The predicted octanol–water partition coefficient (Wildman–Crippen LogP) is 3.52. The van der Waals surface area contributed by atoms with E-state index < -0.39 is 17.6 Å². The third kappa shape index (κ3) is 5.18. The van der Waals surface area contributed by atoms with Crippen molar-refractivity contribution in [2.75, 3.05) is 24.9 Å². The topological polar surface area (TPSA) is 131 Å². The summed E-state index contributed by atoms with van der Waals surface area (Å²) in [5.41, 5.74) is 0.982. The summed E-state index contributed by atoms with van der Waals surface area (Å²) in [5.74, 6) is -0.00515. The number of aromatic amines is 1. The van der Waals surface area contributed by atoms with E-state index >= 15 is 0 Å². The molecule has 12 heteroatoms. The van der Waals surface area contributed by atoms with Gasteiger partial charge in [0, 0.05) is 11.4 Å². The number of aromatic nitrogens is 4. The first-order chi connectivity index (χ1) is 16.5. The van der Waals surface area contributed by atoms with E-state index in [0.29, 0.717) is 28.6 Å².